The molecule has 0 aliphatic carbocycles. The lowest BCUT2D eigenvalue weighted by atomic mass is 10.0. The Morgan fingerprint density at radius 1 is 1.31 bits per heavy atom. The lowest BCUT2D eigenvalue weighted by Gasteiger charge is -2.35. The maximum absolute atomic E-state index is 13.2. The minimum absolute atomic E-state index is 0.0423. The van der Waals surface area contributed by atoms with Crippen LogP contribution in [0, 0.1) is 13.8 Å². The Kier molecular flexibility index (Phi) is 5.10. The number of aryl methyl sites for hydroxylation is 2. The predicted octanol–water partition coefficient (Wildman–Crippen LogP) is 2.44. The fraction of sp³-hybridized carbons (Fsp3) is 0.381. The molecule has 1 fully saturated rings. The maximum atomic E-state index is 13.2. The van der Waals surface area contributed by atoms with Crippen LogP contribution in [0.15, 0.2) is 36.7 Å². The summed E-state index contributed by atoms with van der Waals surface area (Å²) >= 11 is 0. The SMILES string of the molecule is COc1cccc(-n2nc(C)c(C3COCCN3C(=O)c3cnn(C)c3)c2C)c1. The van der Waals surface area contributed by atoms with E-state index in [1.807, 2.05) is 47.7 Å². The molecule has 1 unspecified atom stereocenters. The number of methoxy groups -OCH3 is 1. The van der Waals surface area contributed by atoms with Crippen LogP contribution >= 0.6 is 0 Å². The molecule has 8 heteroatoms. The number of hydrogen-bond donors (Lipinski definition) is 0. The summed E-state index contributed by atoms with van der Waals surface area (Å²) in [5.41, 5.74) is 4.37. The average molecular weight is 395 g/mol. The minimum atomic E-state index is -0.198. The van der Waals surface area contributed by atoms with Gasteiger partial charge in [-0.3, -0.25) is 9.48 Å². The first-order chi connectivity index (χ1) is 14.0. The van der Waals surface area contributed by atoms with Gasteiger partial charge in [-0.15, -0.1) is 0 Å². The number of hydrogen-bond acceptors (Lipinski definition) is 5. The van der Waals surface area contributed by atoms with Gasteiger partial charge in [-0.05, 0) is 26.0 Å². The van der Waals surface area contributed by atoms with Crippen molar-refractivity contribution < 1.29 is 14.3 Å². The van der Waals surface area contributed by atoms with Gasteiger partial charge in [0.2, 0.25) is 0 Å². The van der Waals surface area contributed by atoms with Crippen molar-refractivity contribution >= 4 is 5.91 Å². The van der Waals surface area contributed by atoms with E-state index in [2.05, 4.69) is 5.10 Å². The summed E-state index contributed by atoms with van der Waals surface area (Å²) in [7, 11) is 3.45. The zero-order chi connectivity index (χ0) is 20.5. The Balaban J connectivity index is 1.72. The Morgan fingerprint density at radius 3 is 2.86 bits per heavy atom. The molecule has 3 aromatic rings. The van der Waals surface area contributed by atoms with Crippen LogP contribution in [0.1, 0.15) is 33.4 Å². The number of morpholine rings is 1. The van der Waals surface area contributed by atoms with Crippen LogP contribution in [0.4, 0.5) is 0 Å². The Labute approximate surface area is 169 Å². The van der Waals surface area contributed by atoms with E-state index in [0.717, 1.165) is 28.4 Å². The van der Waals surface area contributed by atoms with Crippen LogP contribution in [0.25, 0.3) is 5.69 Å². The monoisotopic (exact) mass is 395 g/mol. The molecule has 152 valence electrons. The number of carbonyl (C=O) groups excluding carboxylic acids is 1. The van der Waals surface area contributed by atoms with Gasteiger partial charge in [-0.1, -0.05) is 6.07 Å². The number of amides is 1. The van der Waals surface area contributed by atoms with Crippen LogP contribution in [-0.4, -0.2) is 57.2 Å². The van der Waals surface area contributed by atoms with Gasteiger partial charge in [-0.25, -0.2) is 4.68 Å². The predicted molar refractivity (Wildman–Crippen MR) is 107 cm³/mol. The molecule has 29 heavy (non-hydrogen) atoms. The summed E-state index contributed by atoms with van der Waals surface area (Å²) in [6.45, 7) is 5.49. The number of carbonyl (C=O) groups is 1. The van der Waals surface area contributed by atoms with Crippen molar-refractivity contribution in [3.05, 3.63) is 59.2 Å². The van der Waals surface area contributed by atoms with E-state index in [9.17, 15) is 4.79 Å². The second-order valence-electron chi connectivity index (χ2n) is 7.19. The van der Waals surface area contributed by atoms with Crippen molar-refractivity contribution in [1.82, 2.24) is 24.5 Å². The third kappa shape index (κ3) is 3.51. The van der Waals surface area contributed by atoms with E-state index in [1.54, 1.807) is 31.2 Å². The molecule has 1 amide bonds. The summed E-state index contributed by atoms with van der Waals surface area (Å²) in [6.07, 6.45) is 3.35. The van der Waals surface area contributed by atoms with Crippen molar-refractivity contribution in [3.63, 3.8) is 0 Å². The molecule has 2 aromatic heterocycles. The number of aromatic nitrogens is 4. The van der Waals surface area contributed by atoms with E-state index in [0.29, 0.717) is 25.3 Å². The van der Waals surface area contributed by atoms with Gasteiger partial charge in [0.1, 0.15) is 5.75 Å². The molecule has 0 bridgehead atoms. The zero-order valence-corrected chi connectivity index (χ0v) is 17.1. The quantitative estimate of drug-likeness (QED) is 0.678. The second kappa shape index (κ2) is 7.71. The summed E-state index contributed by atoms with van der Waals surface area (Å²) < 4.78 is 14.6. The van der Waals surface area contributed by atoms with Crippen molar-refractivity contribution in [2.24, 2.45) is 7.05 Å². The van der Waals surface area contributed by atoms with Gasteiger partial charge >= 0.3 is 0 Å². The van der Waals surface area contributed by atoms with Crippen LogP contribution in [-0.2, 0) is 11.8 Å². The Hall–Kier alpha value is -3.13. The highest BCUT2D eigenvalue weighted by Gasteiger charge is 2.33. The van der Waals surface area contributed by atoms with Crippen LogP contribution in [0.3, 0.4) is 0 Å². The van der Waals surface area contributed by atoms with Crippen LogP contribution in [0.5, 0.6) is 5.75 Å². The third-order valence-corrected chi connectivity index (χ3v) is 5.32. The first kappa shape index (κ1) is 19.2. The molecule has 4 rings (SSSR count). The van der Waals surface area contributed by atoms with Gasteiger partial charge < -0.3 is 14.4 Å². The molecule has 1 atom stereocenters. The number of rotatable bonds is 4. The molecule has 0 N–H and O–H groups in total. The topological polar surface area (TPSA) is 74.4 Å². The fourth-order valence-corrected chi connectivity index (χ4v) is 3.91. The lowest BCUT2D eigenvalue weighted by Crippen LogP contribution is -2.43. The summed E-state index contributed by atoms with van der Waals surface area (Å²) in [5, 5.41) is 8.89. The van der Waals surface area contributed by atoms with E-state index in [4.69, 9.17) is 14.6 Å². The third-order valence-electron chi connectivity index (χ3n) is 5.32. The van der Waals surface area contributed by atoms with E-state index in [-0.39, 0.29) is 11.9 Å². The molecule has 0 saturated carbocycles. The normalized spacial score (nSPS) is 16.8. The largest absolute Gasteiger partial charge is 0.497 e. The van der Waals surface area contributed by atoms with Gasteiger partial charge in [-0.2, -0.15) is 10.2 Å². The fourth-order valence-electron chi connectivity index (χ4n) is 3.91. The van der Waals surface area contributed by atoms with Crippen LogP contribution in [0.2, 0.25) is 0 Å². The average Bonchev–Trinajstić information content (AvgIpc) is 3.30. The van der Waals surface area contributed by atoms with E-state index < -0.39 is 0 Å². The number of nitrogens with zero attached hydrogens (tertiary/aromatic N) is 5. The second-order valence-corrected chi connectivity index (χ2v) is 7.19. The van der Waals surface area contributed by atoms with Gasteiger partial charge in [0.25, 0.3) is 5.91 Å². The molecule has 3 heterocycles. The highest BCUT2D eigenvalue weighted by Crippen LogP contribution is 2.32. The highest BCUT2D eigenvalue weighted by atomic mass is 16.5. The molecule has 0 spiro atoms. The van der Waals surface area contributed by atoms with E-state index >= 15 is 0 Å². The van der Waals surface area contributed by atoms with Crippen molar-refractivity contribution in [3.8, 4) is 11.4 Å². The standard InChI is InChI=1S/C21H25N5O3/c1-14-20(15(2)26(23-14)17-6-5-7-18(10-17)28-4)19-13-29-9-8-25(19)21(27)16-11-22-24(3)12-16/h5-7,10-12,19H,8-9,13H2,1-4H3. The summed E-state index contributed by atoms with van der Waals surface area (Å²) in [5.74, 6) is 0.727. The van der Waals surface area contributed by atoms with Crippen LogP contribution < -0.4 is 4.74 Å². The maximum Gasteiger partial charge on any atom is 0.257 e. The Bertz CT molecular complexity index is 1040. The zero-order valence-electron chi connectivity index (χ0n) is 17.1. The smallest absolute Gasteiger partial charge is 0.257 e. The molecule has 1 aromatic carbocycles. The summed E-state index contributed by atoms with van der Waals surface area (Å²) in [6, 6.07) is 7.57. The highest BCUT2D eigenvalue weighted by molar-refractivity contribution is 5.94. The van der Waals surface area contributed by atoms with Gasteiger partial charge in [0.15, 0.2) is 0 Å². The molecule has 1 aliphatic heterocycles. The van der Waals surface area contributed by atoms with Gasteiger partial charge in [0, 0.05) is 37.1 Å². The van der Waals surface area contributed by atoms with Gasteiger partial charge in [0.05, 0.1) is 49.5 Å². The number of ether oxygens (including phenoxy) is 2. The molecular formula is C21H25N5O3. The van der Waals surface area contributed by atoms with Crippen molar-refractivity contribution in [2.45, 2.75) is 19.9 Å². The summed E-state index contributed by atoms with van der Waals surface area (Å²) in [4.78, 5) is 15.0. The first-order valence-corrected chi connectivity index (χ1v) is 9.57. The first-order valence-electron chi connectivity index (χ1n) is 9.57. The lowest BCUT2D eigenvalue weighted by molar-refractivity contribution is -0.00304. The molecule has 1 aliphatic rings. The Morgan fingerprint density at radius 2 is 2.14 bits per heavy atom. The minimum Gasteiger partial charge on any atom is -0.497 e. The van der Waals surface area contributed by atoms with E-state index in [1.165, 1.54) is 0 Å². The van der Waals surface area contributed by atoms with Crippen molar-refractivity contribution in [1.29, 1.82) is 0 Å². The molecule has 8 nitrogen and oxygen atoms in total. The molecule has 1 saturated heterocycles. The molecular weight excluding hydrogens is 370 g/mol. The van der Waals surface area contributed by atoms with Crippen molar-refractivity contribution in [2.75, 3.05) is 26.9 Å². The molecule has 0 radical (unpaired) electrons. The number of benzene rings is 1.